The fourth-order valence-corrected chi connectivity index (χ4v) is 3.95. The Morgan fingerprint density at radius 2 is 1.96 bits per heavy atom. The number of anilines is 2. The maximum atomic E-state index is 4.39. The number of hydrogen-bond donors (Lipinski definition) is 1. The lowest BCUT2D eigenvalue weighted by molar-refractivity contribution is 0.166. The zero-order valence-corrected chi connectivity index (χ0v) is 14.7. The SMILES string of the molecule is CN(C)c1cc(NC2CCCN(CC3CCCCC3)C2)ncn1. The molecule has 1 aromatic heterocycles. The average molecular weight is 317 g/mol. The number of piperidine rings is 1. The second kappa shape index (κ2) is 7.95. The highest BCUT2D eigenvalue weighted by molar-refractivity contribution is 5.47. The lowest BCUT2D eigenvalue weighted by atomic mass is 9.88. The monoisotopic (exact) mass is 317 g/mol. The molecule has 128 valence electrons. The summed E-state index contributed by atoms with van der Waals surface area (Å²) in [7, 11) is 4.03. The highest BCUT2D eigenvalue weighted by Crippen LogP contribution is 2.26. The summed E-state index contributed by atoms with van der Waals surface area (Å²) in [5.41, 5.74) is 0. The van der Waals surface area contributed by atoms with Crippen molar-refractivity contribution < 1.29 is 0 Å². The van der Waals surface area contributed by atoms with Crippen molar-refractivity contribution in [3.63, 3.8) is 0 Å². The van der Waals surface area contributed by atoms with E-state index in [1.54, 1.807) is 6.33 Å². The van der Waals surface area contributed by atoms with E-state index in [0.29, 0.717) is 6.04 Å². The first-order valence-corrected chi connectivity index (χ1v) is 9.19. The van der Waals surface area contributed by atoms with E-state index < -0.39 is 0 Å². The second-order valence-corrected chi connectivity index (χ2v) is 7.40. The molecule has 2 heterocycles. The second-order valence-electron chi connectivity index (χ2n) is 7.40. The van der Waals surface area contributed by atoms with Crippen molar-refractivity contribution in [2.45, 2.75) is 51.0 Å². The minimum absolute atomic E-state index is 0.511. The van der Waals surface area contributed by atoms with Crippen molar-refractivity contribution in [3.8, 4) is 0 Å². The fraction of sp³-hybridized carbons (Fsp3) is 0.778. The predicted octanol–water partition coefficient (Wildman–Crippen LogP) is 3.00. The van der Waals surface area contributed by atoms with Gasteiger partial charge in [-0.05, 0) is 38.1 Å². The Morgan fingerprint density at radius 3 is 2.74 bits per heavy atom. The normalized spacial score (nSPS) is 23.7. The van der Waals surface area contributed by atoms with Crippen LogP contribution in [0.25, 0.3) is 0 Å². The molecule has 5 nitrogen and oxygen atoms in total. The summed E-state index contributed by atoms with van der Waals surface area (Å²) in [4.78, 5) is 13.4. The molecular formula is C18H31N5. The van der Waals surface area contributed by atoms with Crippen LogP contribution >= 0.6 is 0 Å². The first-order chi connectivity index (χ1) is 11.2. The largest absolute Gasteiger partial charge is 0.366 e. The van der Waals surface area contributed by atoms with Crippen LogP contribution in [0.4, 0.5) is 11.6 Å². The Labute approximate surface area is 140 Å². The molecule has 23 heavy (non-hydrogen) atoms. The Kier molecular flexibility index (Phi) is 5.70. The number of rotatable bonds is 5. The molecule has 2 aliphatic rings. The molecule has 1 saturated carbocycles. The first-order valence-electron chi connectivity index (χ1n) is 9.19. The lowest BCUT2D eigenvalue weighted by Crippen LogP contribution is -2.44. The van der Waals surface area contributed by atoms with Crippen molar-refractivity contribution >= 4 is 11.6 Å². The summed E-state index contributed by atoms with van der Waals surface area (Å²) in [5, 5.41) is 3.62. The molecule has 0 amide bonds. The van der Waals surface area contributed by atoms with Gasteiger partial charge in [-0.3, -0.25) is 0 Å². The summed E-state index contributed by atoms with van der Waals surface area (Å²) in [5.74, 6) is 2.84. The minimum atomic E-state index is 0.511. The molecule has 1 aromatic rings. The van der Waals surface area contributed by atoms with Gasteiger partial charge in [0.05, 0.1) is 0 Å². The van der Waals surface area contributed by atoms with Crippen LogP contribution in [0, 0.1) is 5.92 Å². The van der Waals surface area contributed by atoms with Crippen molar-refractivity contribution in [2.75, 3.05) is 43.9 Å². The lowest BCUT2D eigenvalue weighted by Gasteiger charge is -2.36. The maximum Gasteiger partial charge on any atom is 0.133 e. The summed E-state index contributed by atoms with van der Waals surface area (Å²) in [6.45, 7) is 3.71. The molecule has 1 saturated heterocycles. The van der Waals surface area contributed by atoms with E-state index in [-0.39, 0.29) is 0 Å². The summed E-state index contributed by atoms with van der Waals surface area (Å²) in [6, 6.07) is 2.55. The predicted molar refractivity (Wildman–Crippen MR) is 96.0 cm³/mol. The van der Waals surface area contributed by atoms with E-state index in [4.69, 9.17) is 0 Å². The van der Waals surface area contributed by atoms with Crippen LogP contribution in [0.2, 0.25) is 0 Å². The van der Waals surface area contributed by atoms with Gasteiger partial charge in [0.2, 0.25) is 0 Å². The minimum Gasteiger partial charge on any atom is -0.366 e. The van der Waals surface area contributed by atoms with Crippen LogP contribution in [0.3, 0.4) is 0 Å². The number of hydrogen-bond acceptors (Lipinski definition) is 5. The van der Waals surface area contributed by atoms with Gasteiger partial charge in [-0.15, -0.1) is 0 Å². The summed E-state index contributed by atoms with van der Waals surface area (Å²) >= 11 is 0. The van der Waals surface area contributed by atoms with E-state index in [0.717, 1.165) is 24.1 Å². The van der Waals surface area contributed by atoms with Crippen molar-refractivity contribution in [3.05, 3.63) is 12.4 Å². The molecular weight excluding hydrogens is 286 g/mol. The molecule has 0 aromatic carbocycles. The van der Waals surface area contributed by atoms with Gasteiger partial charge in [0, 0.05) is 39.3 Å². The molecule has 0 spiro atoms. The van der Waals surface area contributed by atoms with E-state index in [1.165, 1.54) is 58.0 Å². The van der Waals surface area contributed by atoms with E-state index in [2.05, 4.69) is 20.2 Å². The zero-order valence-electron chi connectivity index (χ0n) is 14.7. The van der Waals surface area contributed by atoms with Gasteiger partial charge in [0.15, 0.2) is 0 Å². The molecule has 5 heteroatoms. The van der Waals surface area contributed by atoms with Gasteiger partial charge >= 0.3 is 0 Å². The van der Waals surface area contributed by atoms with Crippen molar-refractivity contribution in [1.29, 1.82) is 0 Å². The summed E-state index contributed by atoms with van der Waals surface area (Å²) < 4.78 is 0. The Hall–Kier alpha value is -1.36. The third-order valence-corrected chi connectivity index (χ3v) is 5.21. The van der Waals surface area contributed by atoms with Gasteiger partial charge in [-0.25, -0.2) is 9.97 Å². The number of nitrogens with one attached hydrogen (secondary N) is 1. The van der Waals surface area contributed by atoms with Gasteiger partial charge in [0.25, 0.3) is 0 Å². The Balaban J connectivity index is 1.52. The van der Waals surface area contributed by atoms with Crippen LogP contribution < -0.4 is 10.2 Å². The van der Waals surface area contributed by atoms with E-state index in [1.807, 2.05) is 25.1 Å². The molecule has 1 aliphatic carbocycles. The van der Waals surface area contributed by atoms with Crippen LogP contribution in [0.1, 0.15) is 44.9 Å². The number of nitrogens with zero attached hydrogens (tertiary/aromatic N) is 4. The zero-order chi connectivity index (χ0) is 16.1. The standard InChI is InChI=1S/C18H31N5/c1-22(2)18-11-17(19-14-20-18)21-16-9-6-10-23(13-16)12-15-7-4-3-5-8-15/h11,14-16H,3-10,12-13H2,1-2H3,(H,19,20,21). The number of likely N-dealkylation sites (tertiary alicyclic amines) is 1. The van der Waals surface area contributed by atoms with Crippen LogP contribution in [0.5, 0.6) is 0 Å². The molecule has 1 unspecified atom stereocenters. The number of aromatic nitrogens is 2. The van der Waals surface area contributed by atoms with Crippen molar-refractivity contribution in [1.82, 2.24) is 14.9 Å². The first kappa shape index (κ1) is 16.5. The molecule has 1 aliphatic heterocycles. The molecule has 0 radical (unpaired) electrons. The third kappa shape index (κ3) is 4.80. The molecule has 2 fully saturated rings. The highest BCUT2D eigenvalue weighted by Gasteiger charge is 2.23. The average Bonchev–Trinajstić information content (AvgIpc) is 2.56. The Morgan fingerprint density at radius 1 is 1.13 bits per heavy atom. The van der Waals surface area contributed by atoms with Crippen LogP contribution in [-0.2, 0) is 0 Å². The quantitative estimate of drug-likeness (QED) is 0.904. The van der Waals surface area contributed by atoms with Crippen LogP contribution in [-0.4, -0.2) is 54.6 Å². The summed E-state index contributed by atoms with van der Waals surface area (Å²) in [6.07, 6.45) is 11.4. The van der Waals surface area contributed by atoms with Gasteiger partial charge in [0.1, 0.15) is 18.0 Å². The van der Waals surface area contributed by atoms with Crippen molar-refractivity contribution in [2.24, 2.45) is 5.92 Å². The van der Waals surface area contributed by atoms with Gasteiger partial charge in [-0.2, -0.15) is 0 Å². The molecule has 0 bridgehead atoms. The van der Waals surface area contributed by atoms with E-state index in [9.17, 15) is 0 Å². The van der Waals surface area contributed by atoms with Gasteiger partial charge in [-0.1, -0.05) is 19.3 Å². The van der Waals surface area contributed by atoms with Crippen LogP contribution in [0.15, 0.2) is 12.4 Å². The smallest absolute Gasteiger partial charge is 0.133 e. The fourth-order valence-electron chi connectivity index (χ4n) is 3.95. The van der Waals surface area contributed by atoms with E-state index >= 15 is 0 Å². The molecule has 1 N–H and O–H groups in total. The highest BCUT2D eigenvalue weighted by atomic mass is 15.2. The third-order valence-electron chi connectivity index (χ3n) is 5.21. The molecule has 1 atom stereocenters. The molecule has 3 rings (SSSR count). The Bertz CT molecular complexity index is 484. The van der Waals surface area contributed by atoms with Gasteiger partial charge < -0.3 is 15.1 Å². The maximum absolute atomic E-state index is 4.39. The topological polar surface area (TPSA) is 44.3 Å².